The van der Waals surface area contributed by atoms with E-state index in [1.807, 2.05) is 4.90 Å². The Bertz CT molecular complexity index is 306. The van der Waals surface area contributed by atoms with Gasteiger partial charge in [0.1, 0.15) is 0 Å². The minimum absolute atomic E-state index is 0.0856. The van der Waals surface area contributed by atoms with Crippen LogP contribution < -0.4 is 5.32 Å². The van der Waals surface area contributed by atoms with E-state index in [0.717, 1.165) is 32.4 Å². The van der Waals surface area contributed by atoms with Crippen LogP contribution in [-0.2, 0) is 4.79 Å². The van der Waals surface area contributed by atoms with E-state index in [1.54, 1.807) is 0 Å². The lowest BCUT2D eigenvalue weighted by Gasteiger charge is -2.37. The number of rotatable bonds is 4. The quantitative estimate of drug-likeness (QED) is 0.809. The van der Waals surface area contributed by atoms with Crippen molar-refractivity contribution >= 4 is 5.91 Å². The molecular weight excluding hydrogens is 214 g/mol. The van der Waals surface area contributed by atoms with E-state index < -0.39 is 0 Å². The average Bonchev–Trinajstić information content (AvgIpc) is 2.36. The minimum Gasteiger partial charge on any atom is -0.336 e. The van der Waals surface area contributed by atoms with Gasteiger partial charge < -0.3 is 10.2 Å². The van der Waals surface area contributed by atoms with Crippen molar-refractivity contribution in [3.63, 3.8) is 0 Å². The number of nitrogens with one attached hydrogen (secondary N) is 1. The molecule has 1 saturated heterocycles. The topological polar surface area (TPSA) is 56.1 Å². The van der Waals surface area contributed by atoms with E-state index in [4.69, 9.17) is 5.26 Å². The summed E-state index contributed by atoms with van der Waals surface area (Å²) >= 11 is 0. The van der Waals surface area contributed by atoms with E-state index in [1.165, 1.54) is 0 Å². The Morgan fingerprint density at radius 2 is 2.29 bits per heavy atom. The van der Waals surface area contributed by atoms with Gasteiger partial charge in [0.15, 0.2) is 0 Å². The first-order valence-electron chi connectivity index (χ1n) is 6.44. The van der Waals surface area contributed by atoms with Gasteiger partial charge in [-0.3, -0.25) is 4.79 Å². The highest BCUT2D eigenvalue weighted by molar-refractivity contribution is 5.83. The zero-order chi connectivity index (χ0) is 12.9. The number of nitrogens with zero attached hydrogens (tertiary/aromatic N) is 2. The fourth-order valence-electron chi connectivity index (χ4n) is 2.24. The molecule has 1 aliphatic rings. The fraction of sp³-hybridized carbons (Fsp3) is 0.846. The summed E-state index contributed by atoms with van der Waals surface area (Å²) in [5.74, 6) is 0.0856. The highest BCUT2D eigenvalue weighted by Crippen LogP contribution is 2.23. The smallest absolute Gasteiger partial charge is 0.241 e. The van der Waals surface area contributed by atoms with E-state index >= 15 is 0 Å². The standard InChI is InChI=1S/C13H23N3O/c1-4-5-10-16-12(17)11(6-8-14)15-9-7-13(16,2)3/h11,15H,4-7,9-10H2,1-3H3. The van der Waals surface area contributed by atoms with Gasteiger partial charge in [-0.05, 0) is 33.2 Å². The lowest BCUT2D eigenvalue weighted by Crippen LogP contribution is -2.51. The Kier molecular flexibility index (Phi) is 4.95. The van der Waals surface area contributed by atoms with E-state index in [2.05, 4.69) is 32.2 Å². The number of carbonyl (C=O) groups excluding carboxylic acids is 1. The predicted molar refractivity (Wildman–Crippen MR) is 67.3 cm³/mol. The third kappa shape index (κ3) is 3.44. The average molecular weight is 237 g/mol. The monoisotopic (exact) mass is 237 g/mol. The van der Waals surface area contributed by atoms with Gasteiger partial charge >= 0.3 is 0 Å². The van der Waals surface area contributed by atoms with Crippen LogP contribution in [0, 0.1) is 11.3 Å². The molecule has 96 valence electrons. The van der Waals surface area contributed by atoms with Crippen molar-refractivity contribution in [3.05, 3.63) is 0 Å². The first kappa shape index (κ1) is 14.0. The summed E-state index contributed by atoms with van der Waals surface area (Å²) in [6.07, 6.45) is 3.30. The van der Waals surface area contributed by atoms with Gasteiger partial charge in [-0.25, -0.2) is 0 Å². The van der Waals surface area contributed by atoms with E-state index in [9.17, 15) is 4.79 Å². The molecule has 0 aromatic rings. The summed E-state index contributed by atoms with van der Waals surface area (Å²) < 4.78 is 0. The van der Waals surface area contributed by atoms with Crippen LogP contribution in [0.4, 0.5) is 0 Å². The summed E-state index contributed by atoms with van der Waals surface area (Å²) in [6.45, 7) is 7.94. The van der Waals surface area contributed by atoms with Gasteiger partial charge in [0.25, 0.3) is 0 Å². The van der Waals surface area contributed by atoms with Gasteiger partial charge in [0.05, 0.1) is 18.5 Å². The Labute approximate surface area is 104 Å². The van der Waals surface area contributed by atoms with Crippen molar-refractivity contribution in [2.75, 3.05) is 13.1 Å². The molecule has 1 N–H and O–H groups in total. The molecule has 4 heteroatoms. The van der Waals surface area contributed by atoms with Gasteiger partial charge in [-0.2, -0.15) is 5.26 Å². The van der Waals surface area contributed by atoms with E-state index in [-0.39, 0.29) is 23.9 Å². The second kappa shape index (κ2) is 6.02. The predicted octanol–water partition coefficient (Wildman–Crippen LogP) is 1.67. The summed E-state index contributed by atoms with van der Waals surface area (Å²) in [5, 5.41) is 11.9. The van der Waals surface area contributed by atoms with Crippen molar-refractivity contribution in [1.82, 2.24) is 10.2 Å². The van der Waals surface area contributed by atoms with Crippen LogP contribution in [0.15, 0.2) is 0 Å². The minimum atomic E-state index is -0.321. The first-order valence-corrected chi connectivity index (χ1v) is 6.44. The summed E-state index contributed by atoms with van der Waals surface area (Å²) in [5.41, 5.74) is -0.108. The number of nitriles is 1. The lowest BCUT2D eigenvalue weighted by molar-refractivity contribution is -0.137. The van der Waals surface area contributed by atoms with Crippen molar-refractivity contribution in [1.29, 1.82) is 5.26 Å². The van der Waals surface area contributed by atoms with Crippen LogP contribution in [0.1, 0.15) is 46.5 Å². The SMILES string of the molecule is CCCCN1C(=O)C(CC#N)NCCC1(C)C. The van der Waals surface area contributed by atoms with Crippen LogP contribution in [0.5, 0.6) is 0 Å². The Balaban J connectivity index is 2.83. The second-order valence-electron chi connectivity index (χ2n) is 5.27. The molecule has 17 heavy (non-hydrogen) atoms. The Morgan fingerprint density at radius 3 is 2.88 bits per heavy atom. The van der Waals surface area contributed by atoms with Crippen LogP contribution in [0.25, 0.3) is 0 Å². The highest BCUT2D eigenvalue weighted by atomic mass is 16.2. The summed E-state index contributed by atoms with van der Waals surface area (Å²) in [6, 6.07) is 1.77. The lowest BCUT2D eigenvalue weighted by atomic mass is 9.97. The molecule has 1 aliphatic heterocycles. The van der Waals surface area contributed by atoms with Gasteiger partial charge in [0.2, 0.25) is 5.91 Å². The number of unbranched alkanes of at least 4 members (excludes halogenated alkanes) is 1. The maximum absolute atomic E-state index is 12.4. The summed E-state index contributed by atoms with van der Waals surface area (Å²) in [4.78, 5) is 14.3. The van der Waals surface area contributed by atoms with Crippen molar-refractivity contribution in [2.45, 2.75) is 58.0 Å². The normalized spacial score (nSPS) is 24.2. The summed E-state index contributed by atoms with van der Waals surface area (Å²) in [7, 11) is 0. The van der Waals surface area contributed by atoms with Crippen LogP contribution in [0.3, 0.4) is 0 Å². The highest BCUT2D eigenvalue weighted by Gasteiger charge is 2.36. The van der Waals surface area contributed by atoms with Crippen LogP contribution in [0.2, 0.25) is 0 Å². The van der Waals surface area contributed by atoms with E-state index in [0.29, 0.717) is 0 Å². The maximum Gasteiger partial charge on any atom is 0.241 e. The molecule has 0 aromatic heterocycles. The van der Waals surface area contributed by atoms with Crippen LogP contribution >= 0.6 is 0 Å². The zero-order valence-corrected chi connectivity index (χ0v) is 11.1. The molecule has 1 unspecified atom stereocenters. The molecular formula is C13H23N3O. The molecule has 1 amide bonds. The first-order chi connectivity index (χ1) is 8.03. The Hall–Kier alpha value is -1.08. The molecule has 0 saturated carbocycles. The molecule has 1 fully saturated rings. The molecule has 0 radical (unpaired) electrons. The van der Waals surface area contributed by atoms with Crippen LogP contribution in [-0.4, -0.2) is 35.5 Å². The number of hydrogen-bond acceptors (Lipinski definition) is 3. The third-order valence-corrected chi connectivity index (χ3v) is 3.45. The zero-order valence-electron chi connectivity index (χ0n) is 11.1. The molecule has 4 nitrogen and oxygen atoms in total. The van der Waals surface area contributed by atoms with Gasteiger partial charge in [0, 0.05) is 12.1 Å². The van der Waals surface area contributed by atoms with Gasteiger partial charge in [-0.15, -0.1) is 0 Å². The molecule has 1 rings (SSSR count). The molecule has 0 aromatic carbocycles. The molecule has 0 bridgehead atoms. The third-order valence-electron chi connectivity index (χ3n) is 3.45. The van der Waals surface area contributed by atoms with Gasteiger partial charge in [-0.1, -0.05) is 13.3 Å². The fourth-order valence-corrected chi connectivity index (χ4v) is 2.24. The largest absolute Gasteiger partial charge is 0.336 e. The number of carbonyl (C=O) groups is 1. The molecule has 0 aliphatic carbocycles. The molecule has 1 atom stereocenters. The second-order valence-corrected chi connectivity index (χ2v) is 5.27. The van der Waals surface area contributed by atoms with Crippen molar-refractivity contribution < 1.29 is 4.79 Å². The molecule has 0 spiro atoms. The van der Waals surface area contributed by atoms with Crippen molar-refractivity contribution in [3.8, 4) is 6.07 Å². The van der Waals surface area contributed by atoms with Crippen molar-refractivity contribution in [2.24, 2.45) is 0 Å². The number of hydrogen-bond donors (Lipinski definition) is 1. The number of amides is 1. The molecule has 1 heterocycles. The Morgan fingerprint density at radius 1 is 1.59 bits per heavy atom. The maximum atomic E-state index is 12.4.